The molecule has 3 heteroatoms. The standard InChI is InChI=1S/C17H24BrNO/c1-13(2)14-6-8-15(9-7-14)17(20)19-12-4-3-5-16(19)10-11-18/h6-9,13,16H,3-5,10-12H2,1-2H3. The van der Waals surface area contributed by atoms with Gasteiger partial charge in [0.25, 0.3) is 5.91 Å². The third-order valence-corrected chi connectivity index (χ3v) is 4.61. The number of amides is 1. The Morgan fingerprint density at radius 1 is 1.30 bits per heavy atom. The Morgan fingerprint density at radius 3 is 2.60 bits per heavy atom. The molecular weight excluding hydrogens is 314 g/mol. The van der Waals surface area contributed by atoms with Crippen LogP contribution in [0.3, 0.4) is 0 Å². The Hall–Kier alpha value is -0.830. The van der Waals surface area contributed by atoms with Crippen LogP contribution in [0.25, 0.3) is 0 Å². The van der Waals surface area contributed by atoms with Crippen molar-refractivity contribution in [3.05, 3.63) is 35.4 Å². The van der Waals surface area contributed by atoms with Gasteiger partial charge in [0.2, 0.25) is 0 Å². The Kier molecular flexibility index (Phi) is 5.64. The van der Waals surface area contributed by atoms with Gasteiger partial charge in [0.05, 0.1) is 0 Å². The molecule has 1 heterocycles. The highest BCUT2D eigenvalue weighted by molar-refractivity contribution is 9.09. The van der Waals surface area contributed by atoms with Crippen LogP contribution in [0.5, 0.6) is 0 Å². The second-order valence-electron chi connectivity index (χ2n) is 5.90. The van der Waals surface area contributed by atoms with Gasteiger partial charge in [0, 0.05) is 23.5 Å². The van der Waals surface area contributed by atoms with Crippen LogP contribution >= 0.6 is 15.9 Å². The number of hydrogen-bond donors (Lipinski definition) is 0. The van der Waals surface area contributed by atoms with Gasteiger partial charge in [0.15, 0.2) is 0 Å². The van der Waals surface area contributed by atoms with Crippen LogP contribution in [0.4, 0.5) is 0 Å². The maximum atomic E-state index is 12.7. The SMILES string of the molecule is CC(C)c1ccc(C(=O)N2CCCCC2CCBr)cc1. The Labute approximate surface area is 130 Å². The summed E-state index contributed by atoms with van der Waals surface area (Å²) in [7, 11) is 0. The van der Waals surface area contributed by atoms with Crippen molar-refractivity contribution in [3.8, 4) is 0 Å². The van der Waals surface area contributed by atoms with Gasteiger partial charge in [-0.3, -0.25) is 4.79 Å². The monoisotopic (exact) mass is 337 g/mol. The first kappa shape index (κ1) is 15.6. The predicted octanol–water partition coefficient (Wildman–Crippen LogP) is 4.59. The molecule has 0 N–H and O–H groups in total. The van der Waals surface area contributed by atoms with E-state index < -0.39 is 0 Å². The number of alkyl halides is 1. The van der Waals surface area contributed by atoms with Gasteiger partial charge >= 0.3 is 0 Å². The zero-order chi connectivity index (χ0) is 14.5. The Balaban J connectivity index is 2.12. The van der Waals surface area contributed by atoms with Crippen molar-refractivity contribution >= 4 is 21.8 Å². The van der Waals surface area contributed by atoms with Gasteiger partial charge < -0.3 is 4.90 Å². The van der Waals surface area contributed by atoms with Crippen molar-refractivity contribution in [1.82, 2.24) is 4.90 Å². The van der Waals surface area contributed by atoms with Crippen molar-refractivity contribution in [2.75, 3.05) is 11.9 Å². The molecule has 0 aromatic heterocycles. The molecule has 1 fully saturated rings. The van der Waals surface area contributed by atoms with E-state index in [0.29, 0.717) is 12.0 Å². The normalized spacial score (nSPS) is 19.4. The lowest BCUT2D eigenvalue weighted by Crippen LogP contribution is -2.43. The van der Waals surface area contributed by atoms with Gasteiger partial charge in [-0.05, 0) is 49.3 Å². The summed E-state index contributed by atoms with van der Waals surface area (Å²) in [5, 5.41) is 0.966. The Morgan fingerprint density at radius 2 is 2.00 bits per heavy atom. The van der Waals surface area contributed by atoms with Crippen LogP contribution < -0.4 is 0 Å². The molecule has 1 aliphatic rings. The van der Waals surface area contributed by atoms with E-state index in [1.807, 2.05) is 12.1 Å². The van der Waals surface area contributed by atoms with Gasteiger partial charge in [0.1, 0.15) is 0 Å². The minimum Gasteiger partial charge on any atom is -0.336 e. The van der Waals surface area contributed by atoms with E-state index in [1.54, 1.807) is 0 Å². The van der Waals surface area contributed by atoms with Crippen molar-refractivity contribution in [2.45, 2.75) is 51.5 Å². The number of halogens is 1. The van der Waals surface area contributed by atoms with Crippen LogP contribution in [-0.4, -0.2) is 28.7 Å². The highest BCUT2D eigenvalue weighted by atomic mass is 79.9. The van der Waals surface area contributed by atoms with Gasteiger partial charge in [-0.15, -0.1) is 0 Å². The van der Waals surface area contributed by atoms with Crippen LogP contribution in [-0.2, 0) is 0 Å². The van der Waals surface area contributed by atoms with E-state index in [4.69, 9.17) is 0 Å². The molecule has 1 unspecified atom stereocenters. The molecule has 0 aliphatic carbocycles. The molecule has 2 rings (SSSR count). The maximum Gasteiger partial charge on any atom is 0.254 e. The number of benzene rings is 1. The van der Waals surface area contributed by atoms with Gasteiger partial charge in [-0.2, -0.15) is 0 Å². The average Bonchev–Trinajstić information content (AvgIpc) is 2.47. The van der Waals surface area contributed by atoms with Crippen LogP contribution in [0, 0.1) is 0 Å². The van der Waals surface area contributed by atoms with Crippen LogP contribution in [0.2, 0.25) is 0 Å². The fraction of sp³-hybridized carbons (Fsp3) is 0.588. The molecule has 1 aromatic carbocycles. The zero-order valence-corrected chi connectivity index (χ0v) is 14.0. The predicted molar refractivity (Wildman–Crippen MR) is 87.6 cm³/mol. The van der Waals surface area contributed by atoms with E-state index in [1.165, 1.54) is 12.0 Å². The minimum absolute atomic E-state index is 0.200. The maximum absolute atomic E-state index is 12.7. The van der Waals surface area contributed by atoms with E-state index in [0.717, 1.165) is 36.7 Å². The summed E-state index contributed by atoms with van der Waals surface area (Å²) in [6.45, 7) is 5.25. The smallest absolute Gasteiger partial charge is 0.254 e. The summed E-state index contributed by atoms with van der Waals surface area (Å²) in [5.41, 5.74) is 2.12. The van der Waals surface area contributed by atoms with Crippen molar-refractivity contribution in [3.63, 3.8) is 0 Å². The molecule has 110 valence electrons. The average molecular weight is 338 g/mol. The fourth-order valence-corrected chi connectivity index (χ4v) is 3.40. The number of nitrogens with zero attached hydrogens (tertiary/aromatic N) is 1. The summed E-state index contributed by atoms with van der Waals surface area (Å²) >= 11 is 3.51. The first-order valence-electron chi connectivity index (χ1n) is 7.60. The first-order valence-corrected chi connectivity index (χ1v) is 8.72. The molecular formula is C17H24BrNO. The van der Waals surface area contributed by atoms with Crippen LogP contribution in [0.15, 0.2) is 24.3 Å². The second-order valence-corrected chi connectivity index (χ2v) is 6.70. The lowest BCUT2D eigenvalue weighted by Gasteiger charge is -2.35. The first-order chi connectivity index (χ1) is 9.63. The van der Waals surface area contributed by atoms with E-state index in [9.17, 15) is 4.79 Å². The number of carbonyl (C=O) groups excluding carboxylic acids is 1. The number of carbonyl (C=O) groups is 1. The summed E-state index contributed by atoms with van der Waals surface area (Å²) < 4.78 is 0. The molecule has 1 saturated heterocycles. The molecule has 0 radical (unpaired) electrons. The molecule has 0 saturated carbocycles. The molecule has 1 aromatic rings. The highest BCUT2D eigenvalue weighted by Gasteiger charge is 2.26. The number of piperidine rings is 1. The molecule has 20 heavy (non-hydrogen) atoms. The minimum atomic E-state index is 0.200. The third-order valence-electron chi connectivity index (χ3n) is 4.15. The number of rotatable bonds is 4. The lowest BCUT2D eigenvalue weighted by molar-refractivity contribution is 0.0610. The largest absolute Gasteiger partial charge is 0.336 e. The molecule has 1 atom stereocenters. The van der Waals surface area contributed by atoms with Gasteiger partial charge in [-0.25, -0.2) is 0 Å². The fourth-order valence-electron chi connectivity index (χ4n) is 2.87. The second kappa shape index (κ2) is 7.26. The summed E-state index contributed by atoms with van der Waals surface area (Å²) in [4.78, 5) is 14.8. The zero-order valence-electron chi connectivity index (χ0n) is 12.4. The van der Waals surface area contributed by atoms with Crippen LogP contribution in [0.1, 0.15) is 61.4 Å². The lowest BCUT2D eigenvalue weighted by atomic mass is 9.97. The third kappa shape index (κ3) is 3.63. The topological polar surface area (TPSA) is 20.3 Å². The highest BCUT2D eigenvalue weighted by Crippen LogP contribution is 2.23. The number of hydrogen-bond acceptors (Lipinski definition) is 1. The molecule has 1 aliphatic heterocycles. The summed E-state index contributed by atoms with van der Waals surface area (Å²) in [6.07, 6.45) is 4.57. The quantitative estimate of drug-likeness (QED) is 0.736. The van der Waals surface area contributed by atoms with Gasteiger partial charge in [-0.1, -0.05) is 41.9 Å². The molecule has 0 bridgehead atoms. The molecule has 1 amide bonds. The van der Waals surface area contributed by atoms with E-state index in [2.05, 4.69) is 46.8 Å². The van der Waals surface area contributed by atoms with E-state index in [-0.39, 0.29) is 5.91 Å². The summed E-state index contributed by atoms with van der Waals surface area (Å²) in [6, 6.07) is 8.54. The Bertz CT molecular complexity index is 439. The number of likely N-dealkylation sites (tertiary alicyclic amines) is 1. The summed E-state index contributed by atoms with van der Waals surface area (Å²) in [5.74, 6) is 0.709. The molecule has 2 nitrogen and oxygen atoms in total. The molecule has 0 spiro atoms. The van der Waals surface area contributed by atoms with Crippen molar-refractivity contribution in [1.29, 1.82) is 0 Å². The van der Waals surface area contributed by atoms with Crippen molar-refractivity contribution < 1.29 is 4.79 Å². The van der Waals surface area contributed by atoms with E-state index >= 15 is 0 Å². The van der Waals surface area contributed by atoms with Crippen molar-refractivity contribution in [2.24, 2.45) is 0 Å².